The zero-order chi connectivity index (χ0) is 8.55. The summed E-state index contributed by atoms with van der Waals surface area (Å²) in [6.45, 7) is 0. The lowest BCUT2D eigenvalue weighted by molar-refractivity contribution is 0.414. The van der Waals surface area contributed by atoms with Crippen LogP contribution in [-0.4, -0.2) is 12.1 Å². The van der Waals surface area contributed by atoms with Crippen LogP contribution in [-0.2, 0) is 0 Å². The predicted octanol–water partition coefficient (Wildman–Crippen LogP) is 1.42. The van der Waals surface area contributed by atoms with Gasteiger partial charge in [0.1, 0.15) is 11.3 Å². The molecule has 4 heteroatoms. The van der Waals surface area contributed by atoms with Crippen molar-refractivity contribution in [3.63, 3.8) is 0 Å². The molecule has 0 saturated heterocycles. The van der Waals surface area contributed by atoms with Crippen molar-refractivity contribution in [1.82, 2.24) is 4.98 Å². The molecule has 0 saturated carbocycles. The minimum atomic E-state index is 0.179. The second kappa shape index (κ2) is 2.41. The van der Waals surface area contributed by atoms with E-state index in [4.69, 9.17) is 14.9 Å². The number of ether oxygens (including phenoxy) is 1. The lowest BCUT2D eigenvalue weighted by Gasteiger charge is -1.95. The highest BCUT2D eigenvalue weighted by Gasteiger charge is 2.02. The number of benzene rings is 1. The van der Waals surface area contributed by atoms with E-state index in [0.29, 0.717) is 5.58 Å². The fourth-order valence-electron chi connectivity index (χ4n) is 1.05. The van der Waals surface area contributed by atoms with E-state index in [0.717, 1.165) is 11.3 Å². The second-order valence-electron chi connectivity index (χ2n) is 2.39. The molecular weight excluding hydrogens is 156 g/mol. The number of nitrogens with zero attached hydrogens (tertiary/aromatic N) is 1. The first-order valence-electron chi connectivity index (χ1n) is 3.49. The molecular formula is C8H8N2O2. The number of rotatable bonds is 1. The van der Waals surface area contributed by atoms with Gasteiger partial charge in [0, 0.05) is 6.07 Å². The van der Waals surface area contributed by atoms with Gasteiger partial charge in [0.15, 0.2) is 5.58 Å². The minimum Gasteiger partial charge on any atom is -0.497 e. The van der Waals surface area contributed by atoms with E-state index < -0.39 is 0 Å². The van der Waals surface area contributed by atoms with Crippen molar-refractivity contribution in [3.8, 4) is 5.75 Å². The molecule has 2 aromatic rings. The fourth-order valence-corrected chi connectivity index (χ4v) is 1.05. The number of nitrogens with two attached hydrogens (primary N) is 1. The molecule has 0 amide bonds. The summed E-state index contributed by atoms with van der Waals surface area (Å²) in [5, 5.41) is 0. The molecule has 0 spiro atoms. The lowest BCUT2D eigenvalue weighted by Crippen LogP contribution is -1.81. The van der Waals surface area contributed by atoms with Crippen molar-refractivity contribution in [2.24, 2.45) is 0 Å². The molecule has 0 aliphatic rings. The Hall–Kier alpha value is -1.71. The Morgan fingerprint density at radius 1 is 1.50 bits per heavy atom. The summed E-state index contributed by atoms with van der Waals surface area (Å²) < 4.78 is 10.1. The van der Waals surface area contributed by atoms with Gasteiger partial charge in [-0.25, -0.2) is 0 Å². The quantitative estimate of drug-likeness (QED) is 0.692. The van der Waals surface area contributed by atoms with E-state index >= 15 is 0 Å². The van der Waals surface area contributed by atoms with Gasteiger partial charge in [-0.05, 0) is 12.1 Å². The number of aromatic nitrogens is 1. The molecule has 0 bridgehead atoms. The maximum atomic E-state index is 5.36. The molecule has 2 rings (SSSR count). The van der Waals surface area contributed by atoms with Crippen LogP contribution in [0.1, 0.15) is 0 Å². The van der Waals surface area contributed by atoms with Crippen molar-refractivity contribution < 1.29 is 9.15 Å². The summed E-state index contributed by atoms with van der Waals surface area (Å²) in [6, 6.07) is 5.54. The molecule has 2 N–H and O–H groups in total. The third-order valence-electron chi connectivity index (χ3n) is 1.61. The van der Waals surface area contributed by atoms with Gasteiger partial charge in [-0.2, -0.15) is 4.98 Å². The SMILES string of the molecule is COc1ccc2nc(N)oc2c1. The number of fused-ring (bicyclic) bond motifs is 1. The Morgan fingerprint density at radius 2 is 2.33 bits per heavy atom. The molecule has 0 fully saturated rings. The normalized spacial score (nSPS) is 10.4. The summed E-state index contributed by atoms with van der Waals surface area (Å²) in [5.41, 5.74) is 6.75. The Morgan fingerprint density at radius 3 is 3.08 bits per heavy atom. The zero-order valence-corrected chi connectivity index (χ0v) is 6.57. The molecule has 0 aliphatic heterocycles. The number of oxazole rings is 1. The van der Waals surface area contributed by atoms with Crippen molar-refractivity contribution in [3.05, 3.63) is 18.2 Å². The number of hydrogen-bond acceptors (Lipinski definition) is 4. The van der Waals surface area contributed by atoms with Crippen LogP contribution >= 0.6 is 0 Å². The number of anilines is 1. The average molecular weight is 164 g/mol. The van der Waals surface area contributed by atoms with E-state index in [1.807, 2.05) is 6.07 Å². The molecule has 1 aromatic carbocycles. The third-order valence-corrected chi connectivity index (χ3v) is 1.61. The number of nitrogen functional groups attached to an aromatic ring is 1. The summed E-state index contributed by atoms with van der Waals surface area (Å²) >= 11 is 0. The van der Waals surface area contributed by atoms with Gasteiger partial charge in [-0.15, -0.1) is 0 Å². The Kier molecular flexibility index (Phi) is 1.40. The van der Waals surface area contributed by atoms with E-state index in [2.05, 4.69) is 4.98 Å². The molecule has 0 radical (unpaired) electrons. The molecule has 12 heavy (non-hydrogen) atoms. The topological polar surface area (TPSA) is 61.3 Å². The Labute approximate surface area is 68.9 Å². The molecule has 0 aliphatic carbocycles. The van der Waals surface area contributed by atoms with Crippen LogP contribution in [0.15, 0.2) is 22.6 Å². The average Bonchev–Trinajstić information content (AvgIpc) is 2.43. The van der Waals surface area contributed by atoms with Crippen LogP contribution in [0.3, 0.4) is 0 Å². The van der Waals surface area contributed by atoms with E-state index in [1.54, 1.807) is 19.2 Å². The number of hydrogen-bond donors (Lipinski definition) is 1. The zero-order valence-electron chi connectivity index (χ0n) is 6.57. The third kappa shape index (κ3) is 0.972. The Balaban J connectivity index is 2.66. The van der Waals surface area contributed by atoms with Gasteiger partial charge in [-0.3, -0.25) is 0 Å². The van der Waals surface area contributed by atoms with E-state index in [9.17, 15) is 0 Å². The first-order valence-corrected chi connectivity index (χ1v) is 3.49. The van der Waals surface area contributed by atoms with Crippen LogP contribution < -0.4 is 10.5 Å². The van der Waals surface area contributed by atoms with Gasteiger partial charge in [0.05, 0.1) is 7.11 Å². The molecule has 1 aromatic heterocycles. The first kappa shape index (κ1) is 6.97. The van der Waals surface area contributed by atoms with Crippen molar-refractivity contribution in [2.45, 2.75) is 0 Å². The number of methoxy groups -OCH3 is 1. The van der Waals surface area contributed by atoms with Crippen LogP contribution in [0.4, 0.5) is 6.01 Å². The highest BCUT2D eigenvalue weighted by Crippen LogP contribution is 2.21. The van der Waals surface area contributed by atoms with E-state index in [1.165, 1.54) is 0 Å². The van der Waals surface area contributed by atoms with Crippen molar-refractivity contribution in [1.29, 1.82) is 0 Å². The standard InChI is InChI=1S/C8H8N2O2/c1-11-5-2-3-6-7(4-5)12-8(9)10-6/h2-4H,1H3,(H2,9,10). The summed E-state index contributed by atoms with van der Waals surface area (Å²) in [7, 11) is 1.60. The van der Waals surface area contributed by atoms with Gasteiger partial charge in [0.25, 0.3) is 6.01 Å². The second-order valence-corrected chi connectivity index (χ2v) is 2.39. The maximum Gasteiger partial charge on any atom is 0.292 e. The van der Waals surface area contributed by atoms with Crippen LogP contribution in [0.25, 0.3) is 11.1 Å². The maximum absolute atomic E-state index is 5.36. The molecule has 0 unspecified atom stereocenters. The van der Waals surface area contributed by atoms with Gasteiger partial charge >= 0.3 is 0 Å². The van der Waals surface area contributed by atoms with Crippen LogP contribution in [0.2, 0.25) is 0 Å². The Bertz CT molecular complexity index is 408. The van der Waals surface area contributed by atoms with Gasteiger partial charge in [0.2, 0.25) is 0 Å². The largest absolute Gasteiger partial charge is 0.497 e. The summed E-state index contributed by atoms with van der Waals surface area (Å²) in [5.74, 6) is 0.735. The monoisotopic (exact) mass is 164 g/mol. The molecule has 62 valence electrons. The van der Waals surface area contributed by atoms with Gasteiger partial charge < -0.3 is 14.9 Å². The predicted molar refractivity (Wildman–Crippen MR) is 45.0 cm³/mol. The van der Waals surface area contributed by atoms with Gasteiger partial charge in [-0.1, -0.05) is 0 Å². The molecule has 1 heterocycles. The fraction of sp³-hybridized carbons (Fsp3) is 0.125. The highest BCUT2D eigenvalue weighted by molar-refractivity contribution is 5.75. The smallest absolute Gasteiger partial charge is 0.292 e. The summed E-state index contributed by atoms with van der Waals surface area (Å²) in [4.78, 5) is 3.94. The highest BCUT2D eigenvalue weighted by atomic mass is 16.5. The van der Waals surface area contributed by atoms with Crippen LogP contribution in [0.5, 0.6) is 5.75 Å². The minimum absolute atomic E-state index is 0.179. The van der Waals surface area contributed by atoms with Crippen molar-refractivity contribution >= 4 is 17.1 Å². The molecule has 4 nitrogen and oxygen atoms in total. The van der Waals surface area contributed by atoms with Crippen LogP contribution in [0, 0.1) is 0 Å². The van der Waals surface area contributed by atoms with Crippen molar-refractivity contribution in [2.75, 3.05) is 12.8 Å². The lowest BCUT2D eigenvalue weighted by atomic mass is 10.3. The molecule has 0 atom stereocenters. The summed E-state index contributed by atoms with van der Waals surface area (Å²) in [6.07, 6.45) is 0. The van der Waals surface area contributed by atoms with E-state index in [-0.39, 0.29) is 6.01 Å². The first-order chi connectivity index (χ1) is 5.79.